The molecule has 10 atom stereocenters. The Morgan fingerprint density at radius 3 is 2.61 bits per heavy atom. The van der Waals surface area contributed by atoms with Crippen LogP contribution in [-0.4, -0.2) is 82.9 Å². The highest BCUT2D eigenvalue weighted by molar-refractivity contribution is 5.94. The fraction of sp³-hybridized carbons (Fsp3) is 0.630. The first-order valence-electron chi connectivity index (χ1n) is 12.8. The van der Waals surface area contributed by atoms with Crippen LogP contribution in [0.15, 0.2) is 46.3 Å². The van der Waals surface area contributed by atoms with Crippen molar-refractivity contribution in [2.24, 2.45) is 16.7 Å². The van der Waals surface area contributed by atoms with Crippen LogP contribution in [0, 0.1) is 16.7 Å². The van der Waals surface area contributed by atoms with Crippen LogP contribution >= 0.6 is 0 Å². The average Bonchev–Trinajstić information content (AvgIpc) is 3.44. The lowest BCUT2D eigenvalue weighted by molar-refractivity contribution is -0.317. The molecule has 0 bridgehead atoms. The normalized spacial score (nSPS) is 42.8. The van der Waals surface area contributed by atoms with Crippen molar-refractivity contribution >= 4 is 11.9 Å². The van der Waals surface area contributed by atoms with Gasteiger partial charge >= 0.3 is 11.9 Å². The van der Waals surface area contributed by atoms with Crippen molar-refractivity contribution in [3.8, 4) is 0 Å². The molecule has 0 aromatic carbocycles. The molecular weight excluding hydrogens is 500 g/mol. The number of furan rings is 1. The molecule has 0 unspecified atom stereocenters. The van der Waals surface area contributed by atoms with Crippen molar-refractivity contribution in [3.63, 3.8) is 0 Å². The average molecular weight is 535 g/mol. The minimum Gasteiger partial charge on any atom is -0.472 e. The van der Waals surface area contributed by atoms with Crippen LogP contribution in [-0.2, 0) is 28.5 Å². The summed E-state index contributed by atoms with van der Waals surface area (Å²) in [4.78, 5) is 26.5. The second-order valence-electron chi connectivity index (χ2n) is 10.9. The third-order valence-corrected chi connectivity index (χ3v) is 8.93. The molecule has 2 aliphatic heterocycles. The van der Waals surface area contributed by atoms with E-state index in [9.17, 15) is 30.0 Å². The van der Waals surface area contributed by atoms with Gasteiger partial charge in [0.25, 0.3) is 0 Å². The van der Waals surface area contributed by atoms with E-state index in [4.69, 9.17) is 23.4 Å². The Morgan fingerprint density at radius 2 is 1.95 bits per heavy atom. The molecule has 0 saturated carbocycles. The van der Waals surface area contributed by atoms with E-state index in [1.807, 2.05) is 19.9 Å². The number of hydrogen-bond acceptors (Lipinski definition) is 11. The van der Waals surface area contributed by atoms with Crippen LogP contribution in [0.1, 0.15) is 44.8 Å². The molecule has 1 aromatic rings. The standard InChI is InChI=1S/C27H34O11/c1-26-10-16(13-7-8-35-12-13)36-24(33)15(26)9-19(27(2)14(23(32)34-3)5-4-6-18(26)27)38-25-22(31)21(30)20(29)17(11-28)37-25/h5,7-9,12,16-22,25,28-31H,4,6,10-11H2,1-3H3/t16-,17-,18-,19-,20-,21-,22-,25+,26+,27-/m0/s1. The second-order valence-corrected chi connectivity index (χ2v) is 10.9. The lowest BCUT2D eigenvalue weighted by atomic mass is 9.48. The molecule has 2 saturated heterocycles. The van der Waals surface area contributed by atoms with Crippen LogP contribution in [0.5, 0.6) is 0 Å². The molecule has 4 aliphatic rings. The van der Waals surface area contributed by atoms with Gasteiger partial charge in [-0.1, -0.05) is 19.9 Å². The molecule has 2 aliphatic carbocycles. The maximum atomic E-state index is 13.4. The van der Waals surface area contributed by atoms with E-state index in [0.717, 1.165) is 5.56 Å². The first-order chi connectivity index (χ1) is 18.1. The summed E-state index contributed by atoms with van der Waals surface area (Å²) >= 11 is 0. The molecule has 2 fully saturated rings. The lowest BCUT2D eigenvalue weighted by Gasteiger charge is -2.58. The number of esters is 2. The highest BCUT2D eigenvalue weighted by atomic mass is 16.7. The number of allylic oxidation sites excluding steroid dienone is 1. The fourth-order valence-corrected chi connectivity index (χ4v) is 6.87. The Morgan fingerprint density at radius 1 is 1.18 bits per heavy atom. The molecule has 3 heterocycles. The molecule has 11 heteroatoms. The van der Waals surface area contributed by atoms with Gasteiger partial charge in [-0.05, 0) is 37.3 Å². The van der Waals surface area contributed by atoms with Crippen LogP contribution in [0.25, 0.3) is 0 Å². The van der Waals surface area contributed by atoms with Gasteiger partial charge in [0, 0.05) is 27.5 Å². The number of aliphatic hydroxyl groups is 4. The van der Waals surface area contributed by atoms with E-state index in [1.165, 1.54) is 13.4 Å². The van der Waals surface area contributed by atoms with E-state index in [-0.39, 0.29) is 5.92 Å². The van der Waals surface area contributed by atoms with E-state index in [2.05, 4.69) is 0 Å². The molecule has 0 amide bonds. The topological polar surface area (TPSA) is 165 Å². The summed E-state index contributed by atoms with van der Waals surface area (Å²) in [6.07, 6.45) is -0.890. The van der Waals surface area contributed by atoms with Crippen molar-refractivity contribution in [2.75, 3.05) is 13.7 Å². The molecule has 0 spiro atoms. The molecule has 38 heavy (non-hydrogen) atoms. The first-order valence-corrected chi connectivity index (χ1v) is 12.8. The van der Waals surface area contributed by atoms with Crippen LogP contribution in [0.4, 0.5) is 0 Å². The summed E-state index contributed by atoms with van der Waals surface area (Å²) < 4.78 is 28.0. The third-order valence-electron chi connectivity index (χ3n) is 8.93. The Bertz CT molecular complexity index is 1120. The summed E-state index contributed by atoms with van der Waals surface area (Å²) in [7, 11) is 1.29. The van der Waals surface area contributed by atoms with E-state index >= 15 is 0 Å². The Kier molecular flexibility index (Phi) is 7.04. The monoisotopic (exact) mass is 534 g/mol. The third kappa shape index (κ3) is 4.04. The molecule has 1 aromatic heterocycles. The Balaban J connectivity index is 1.59. The summed E-state index contributed by atoms with van der Waals surface area (Å²) in [5.41, 5.74) is -0.239. The number of cyclic esters (lactones) is 1. The lowest BCUT2D eigenvalue weighted by Crippen LogP contribution is -2.62. The number of hydrogen-bond donors (Lipinski definition) is 4. The van der Waals surface area contributed by atoms with Gasteiger partial charge in [-0.25, -0.2) is 9.59 Å². The summed E-state index contributed by atoms with van der Waals surface area (Å²) in [5, 5.41) is 40.8. The number of carbonyl (C=O) groups is 2. The van der Waals surface area contributed by atoms with Gasteiger partial charge < -0.3 is 43.8 Å². The van der Waals surface area contributed by atoms with Gasteiger partial charge in [-0.3, -0.25) is 0 Å². The van der Waals surface area contributed by atoms with Crippen molar-refractivity contribution in [1.82, 2.24) is 0 Å². The molecule has 11 nitrogen and oxygen atoms in total. The first kappa shape index (κ1) is 27.0. The van der Waals surface area contributed by atoms with Gasteiger partial charge in [0.1, 0.15) is 30.5 Å². The number of fused-ring (bicyclic) bond motifs is 3. The number of rotatable bonds is 5. The number of carbonyl (C=O) groups excluding carboxylic acids is 2. The SMILES string of the molecule is COC(=O)C1=CCC[C@@H]2[C@@]1(C)[C@@H](O[C@H]1O[C@@H](CO)[C@H](O)[C@H](O)[C@@H]1O)C=C1C(=O)O[C@H](c3ccoc3)C[C@]12C. The number of methoxy groups -OCH3 is 1. The highest BCUT2D eigenvalue weighted by Crippen LogP contribution is 2.63. The van der Waals surface area contributed by atoms with Crippen molar-refractivity contribution in [3.05, 3.63) is 47.5 Å². The molecular formula is C27H34O11. The Hall–Kier alpha value is -2.54. The molecule has 208 valence electrons. The quantitative estimate of drug-likeness (QED) is 0.397. The minimum atomic E-state index is -1.65. The summed E-state index contributed by atoms with van der Waals surface area (Å²) in [6.45, 7) is 3.22. The molecule has 0 radical (unpaired) electrons. The van der Waals surface area contributed by atoms with Crippen molar-refractivity contribution < 1.29 is 53.4 Å². The van der Waals surface area contributed by atoms with Crippen molar-refractivity contribution in [2.45, 2.75) is 76.0 Å². The zero-order valence-electron chi connectivity index (χ0n) is 21.5. The zero-order valence-corrected chi connectivity index (χ0v) is 21.5. The van der Waals surface area contributed by atoms with Crippen LogP contribution in [0.2, 0.25) is 0 Å². The van der Waals surface area contributed by atoms with Crippen molar-refractivity contribution in [1.29, 1.82) is 0 Å². The van der Waals surface area contributed by atoms with E-state index < -0.39 is 72.3 Å². The Labute approximate surface area is 219 Å². The largest absolute Gasteiger partial charge is 0.472 e. The van der Waals surface area contributed by atoms with Gasteiger partial charge in [0.15, 0.2) is 6.29 Å². The maximum Gasteiger partial charge on any atom is 0.334 e. The number of aliphatic hydroxyl groups excluding tert-OH is 4. The maximum absolute atomic E-state index is 13.4. The van der Waals surface area contributed by atoms with Crippen LogP contribution in [0.3, 0.4) is 0 Å². The predicted molar refractivity (Wildman–Crippen MR) is 128 cm³/mol. The van der Waals surface area contributed by atoms with Crippen LogP contribution < -0.4 is 0 Å². The molecule has 5 rings (SSSR count). The predicted octanol–water partition coefficient (Wildman–Crippen LogP) is 0.915. The number of ether oxygens (including phenoxy) is 4. The zero-order chi connectivity index (χ0) is 27.4. The molecule has 4 N–H and O–H groups in total. The smallest absolute Gasteiger partial charge is 0.334 e. The minimum absolute atomic E-state index is 0.286. The van der Waals surface area contributed by atoms with Gasteiger partial charge in [-0.15, -0.1) is 0 Å². The summed E-state index contributed by atoms with van der Waals surface area (Å²) in [6, 6.07) is 1.75. The summed E-state index contributed by atoms with van der Waals surface area (Å²) in [5.74, 6) is -1.35. The van der Waals surface area contributed by atoms with Gasteiger partial charge in [0.2, 0.25) is 0 Å². The fourth-order valence-electron chi connectivity index (χ4n) is 6.87. The van der Waals surface area contributed by atoms with E-state index in [1.54, 1.807) is 18.4 Å². The highest BCUT2D eigenvalue weighted by Gasteiger charge is 2.63. The van der Waals surface area contributed by atoms with Gasteiger partial charge in [-0.2, -0.15) is 0 Å². The van der Waals surface area contributed by atoms with E-state index in [0.29, 0.717) is 30.4 Å². The van der Waals surface area contributed by atoms with Gasteiger partial charge in [0.05, 0.1) is 32.3 Å². The second kappa shape index (κ2) is 9.89.